The highest BCUT2D eigenvalue weighted by molar-refractivity contribution is 6.74. The van der Waals surface area contributed by atoms with Gasteiger partial charge in [-0.2, -0.15) is 8.78 Å². The van der Waals surface area contributed by atoms with Crippen molar-refractivity contribution in [3.05, 3.63) is 24.3 Å². The van der Waals surface area contributed by atoms with Crippen LogP contribution in [0.25, 0.3) is 0 Å². The first kappa shape index (κ1) is 27.0. The quantitative estimate of drug-likeness (QED) is 0.230. The summed E-state index contributed by atoms with van der Waals surface area (Å²) < 4.78 is 46.4. The van der Waals surface area contributed by atoms with Crippen LogP contribution in [0.4, 0.5) is 8.78 Å². The van der Waals surface area contributed by atoms with Crippen LogP contribution in [-0.2, 0) is 18.7 Å². The van der Waals surface area contributed by atoms with Crippen LogP contribution in [0.5, 0.6) is 0 Å². The molecular formula is C23H40F2O4Si. The number of hydrogen-bond acceptors (Lipinski definition) is 4. The van der Waals surface area contributed by atoms with Gasteiger partial charge in [0.25, 0.3) is 0 Å². The highest BCUT2D eigenvalue weighted by Crippen LogP contribution is 2.41. The minimum Gasteiger partial charge on any atom is -0.452 e. The fourth-order valence-electron chi connectivity index (χ4n) is 3.55. The molecule has 1 aliphatic rings. The minimum atomic E-state index is -3.22. The molecule has 0 spiro atoms. The molecule has 1 rings (SSSR count). The fourth-order valence-corrected chi connectivity index (χ4v) is 4.97. The number of carbonyl (C=O) groups is 1. The van der Waals surface area contributed by atoms with E-state index in [4.69, 9.17) is 13.9 Å². The van der Waals surface area contributed by atoms with E-state index in [-0.39, 0.29) is 29.4 Å². The molecule has 0 unspecified atom stereocenters. The number of hydrogen-bond donors (Lipinski definition) is 0. The van der Waals surface area contributed by atoms with Crippen LogP contribution in [0.2, 0.25) is 18.1 Å². The average Bonchev–Trinajstić information content (AvgIpc) is 2.62. The lowest BCUT2D eigenvalue weighted by Gasteiger charge is -2.44. The zero-order chi connectivity index (χ0) is 23.3. The van der Waals surface area contributed by atoms with E-state index in [2.05, 4.69) is 46.9 Å². The summed E-state index contributed by atoms with van der Waals surface area (Å²) in [5, 5.41) is -0.0875. The summed E-state index contributed by atoms with van der Waals surface area (Å²) in [5.41, 5.74) is 0. The van der Waals surface area contributed by atoms with E-state index < -0.39 is 32.4 Å². The van der Waals surface area contributed by atoms with Gasteiger partial charge in [0.1, 0.15) is 0 Å². The Kier molecular flexibility index (Phi) is 9.45. The fraction of sp³-hybridized carbons (Fsp3) is 0.783. The van der Waals surface area contributed by atoms with Crippen molar-refractivity contribution >= 4 is 14.3 Å². The lowest BCUT2D eigenvalue weighted by molar-refractivity contribution is -0.170. The van der Waals surface area contributed by atoms with Gasteiger partial charge in [0.05, 0.1) is 12.2 Å². The smallest absolute Gasteiger partial charge is 0.331 e. The highest BCUT2D eigenvalue weighted by atomic mass is 28.4. The third-order valence-electron chi connectivity index (χ3n) is 6.51. The number of carbonyl (C=O) groups excluding carboxylic acids is 1. The molecule has 0 radical (unpaired) electrons. The molecule has 7 heteroatoms. The second kappa shape index (κ2) is 10.5. The van der Waals surface area contributed by atoms with Crippen LogP contribution in [0, 0.1) is 11.8 Å². The van der Waals surface area contributed by atoms with E-state index in [1.807, 2.05) is 19.9 Å². The van der Waals surface area contributed by atoms with Crippen molar-refractivity contribution in [1.29, 1.82) is 0 Å². The van der Waals surface area contributed by atoms with Gasteiger partial charge in [-0.1, -0.05) is 46.8 Å². The lowest BCUT2D eigenvalue weighted by atomic mass is 9.84. The van der Waals surface area contributed by atoms with E-state index in [1.165, 1.54) is 0 Å². The molecule has 0 aromatic rings. The van der Waals surface area contributed by atoms with Gasteiger partial charge in [-0.05, 0) is 43.5 Å². The molecule has 0 saturated heterocycles. The van der Waals surface area contributed by atoms with Gasteiger partial charge in [-0.15, -0.1) is 0 Å². The average molecular weight is 447 g/mol. The highest BCUT2D eigenvalue weighted by Gasteiger charge is 2.48. The SMILES string of the molecule is C/C=C/C[C@H](C)[C@@H](OC)[C@H](C)[C@@H](C[C@H]1OC(=O)C=CC1(F)F)O[Si](C)(C)C(C)(C)C. The molecule has 174 valence electrons. The van der Waals surface area contributed by atoms with Gasteiger partial charge >= 0.3 is 11.9 Å². The third-order valence-corrected chi connectivity index (χ3v) is 11.0. The van der Waals surface area contributed by atoms with Gasteiger partial charge < -0.3 is 13.9 Å². The molecule has 0 N–H and O–H groups in total. The van der Waals surface area contributed by atoms with Gasteiger partial charge in [-0.25, -0.2) is 4.79 Å². The first-order valence-electron chi connectivity index (χ1n) is 10.8. The molecule has 0 aromatic carbocycles. The van der Waals surface area contributed by atoms with Crippen molar-refractivity contribution in [2.75, 3.05) is 7.11 Å². The molecule has 0 aliphatic carbocycles. The van der Waals surface area contributed by atoms with Crippen molar-refractivity contribution in [2.45, 2.75) is 96.8 Å². The molecule has 4 nitrogen and oxygen atoms in total. The second-order valence-corrected chi connectivity index (χ2v) is 14.7. The van der Waals surface area contributed by atoms with E-state index >= 15 is 0 Å². The van der Waals surface area contributed by atoms with Crippen LogP contribution < -0.4 is 0 Å². The standard InChI is InChI=1S/C23H40F2O4Si/c1-10-11-12-16(2)21(27-7)17(3)18(29-30(8,9)22(4,5)6)15-19-23(24,25)14-13-20(26)28-19/h10-11,13-14,16-19,21H,12,15H2,1-9H3/b11-10+/t16-,17+,18+,19+,21+/m0/s1. The molecule has 0 aromatic heterocycles. The number of cyclic esters (lactones) is 1. The van der Waals surface area contributed by atoms with Gasteiger partial charge in [0, 0.05) is 25.5 Å². The summed E-state index contributed by atoms with van der Waals surface area (Å²) in [5.74, 6) is -3.94. The molecule has 5 atom stereocenters. The lowest BCUT2D eigenvalue weighted by Crippen LogP contribution is -2.51. The zero-order valence-corrected chi connectivity index (χ0v) is 21.0. The predicted molar refractivity (Wildman–Crippen MR) is 119 cm³/mol. The summed E-state index contributed by atoms with van der Waals surface area (Å²) in [4.78, 5) is 11.7. The van der Waals surface area contributed by atoms with Crippen LogP contribution in [0.3, 0.4) is 0 Å². The monoisotopic (exact) mass is 446 g/mol. The van der Waals surface area contributed by atoms with Crippen molar-refractivity contribution < 1.29 is 27.5 Å². The maximum absolute atomic E-state index is 14.5. The first-order valence-corrected chi connectivity index (χ1v) is 13.7. The van der Waals surface area contributed by atoms with Crippen molar-refractivity contribution in [3.63, 3.8) is 0 Å². The summed E-state index contributed by atoms with van der Waals surface area (Å²) in [6.07, 6.45) is 3.99. The Bertz CT molecular complexity index is 625. The Hall–Kier alpha value is -1.05. The van der Waals surface area contributed by atoms with Crippen LogP contribution in [-0.4, -0.2) is 45.6 Å². The summed E-state index contributed by atoms with van der Waals surface area (Å²) in [6.45, 7) is 16.6. The molecule has 1 heterocycles. The number of halogens is 2. The van der Waals surface area contributed by atoms with Gasteiger partial charge in [0.2, 0.25) is 0 Å². The Morgan fingerprint density at radius 1 is 1.30 bits per heavy atom. The Labute approximate surface area is 182 Å². The minimum absolute atomic E-state index is 0.0764. The van der Waals surface area contributed by atoms with E-state index in [9.17, 15) is 13.6 Å². The molecule has 1 aliphatic heterocycles. The Morgan fingerprint density at radius 2 is 1.90 bits per heavy atom. The normalized spacial score (nSPS) is 23.8. The molecule has 0 fully saturated rings. The van der Waals surface area contributed by atoms with Crippen molar-refractivity contribution in [3.8, 4) is 0 Å². The number of ether oxygens (including phenoxy) is 2. The molecular weight excluding hydrogens is 406 g/mol. The molecule has 0 saturated carbocycles. The van der Waals surface area contributed by atoms with Crippen LogP contribution in [0.15, 0.2) is 24.3 Å². The van der Waals surface area contributed by atoms with Crippen LogP contribution >= 0.6 is 0 Å². The van der Waals surface area contributed by atoms with Crippen molar-refractivity contribution in [1.82, 2.24) is 0 Å². The Balaban J connectivity index is 3.22. The number of rotatable bonds is 10. The third kappa shape index (κ3) is 6.99. The summed E-state index contributed by atoms with van der Waals surface area (Å²) >= 11 is 0. The predicted octanol–water partition coefficient (Wildman–Crippen LogP) is 6.14. The molecule has 0 bridgehead atoms. The van der Waals surface area contributed by atoms with E-state index in [0.717, 1.165) is 12.5 Å². The largest absolute Gasteiger partial charge is 0.452 e. The number of alkyl halides is 2. The summed E-state index contributed by atoms with van der Waals surface area (Å²) in [7, 11) is -0.623. The maximum atomic E-state index is 14.5. The van der Waals surface area contributed by atoms with E-state index in [0.29, 0.717) is 6.08 Å². The zero-order valence-electron chi connectivity index (χ0n) is 20.0. The topological polar surface area (TPSA) is 44.8 Å². The van der Waals surface area contributed by atoms with E-state index in [1.54, 1.807) is 7.11 Å². The number of allylic oxidation sites excluding steroid dienone is 2. The van der Waals surface area contributed by atoms with Gasteiger partial charge in [0.15, 0.2) is 14.4 Å². The molecule has 0 amide bonds. The van der Waals surface area contributed by atoms with Gasteiger partial charge in [-0.3, -0.25) is 0 Å². The first-order chi connectivity index (χ1) is 13.7. The number of methoxy groups -OCH3 is 1. The Morgan fingerprint density at radius 3 is 2.40 bits per heavy atom. The van der Waals surface area contributed by atoms with Crippen LogP contribution in [0.1, 0.15) is 54.4 Å². The maximum Gasteiger partial charge on any atom is 0.331 e. The second-order valence-electron chi connectivity index (χ2n) is 9.93. The number of esters is 1. The summed E-state index contributed by atoms with van der Waals surface area (Å²) in [6, 6.07) is 0. The molecule has 30 heavy (non-hydrogen) atoms. The van der Waals surface area contributed by atoms with Crippen molar-refractivity contribution in [2.24, 2.45) is 11.8 Å².